The van der Waals surface area contributed by atoms with Crippen LogP contribution in [-0.2, 0) is 9.53 Å². The van der Waals surface area contributed by atoms with Crippen LogP contribution >= 0.6 is 11.6 Å². The highest BCUT2D eigenvalue weighted by molar-refractivity contribution is 6.31. The number of amides is 2. The zero-order valence-electron chi connectivity index (χ0n) is 17.4. The Hall–Kier alpha value is -2.38. The smallest absolute Gasteiger partial charge is 0.253 e. The lowest BCUT2D eigenvalue weighted by Gasteiger charge is -2.35. The van der Waals surface area contributed by atoms with Gasteiger partial charge in [0.05, 0.1) is 35.3 Å². The number of hydrogen-bond acceptors (Lipinski definition) is 4. The molecule has 8 heteroatoms. The molecule has 0 aliphatic carbocycles. The monoisotopic (exact) mass is 430 g/mol. The van der Waals surface area contributed by atoms with Crippen LogP contribution in [0.4, 0.5) is 0 Å². The molecule has 2 fully saturated rings. The number of ether oxygens (including phenoxy) is 1. The number of halogens is 1. The molecule has 4 rings (SSSR count). The second-order valence-corrected chi connectivity index (χ2v) is 8.33. The minimum atomic E-state index is 0.00483. The molecule has 2 aromatic rings. The second kappa shape index (κ2) is 8.78. The van der Waals surface area contributed by atoms with E-state index in [4.69, 9.17) is 16.3 Å². The molecule has 1 aromatic carbocycles. The van der Waals surface area contributed by atoms with Crippen LogP contribution in [-0.4, -0.2) is 70.8 Å². The van der Waals surface area contributed by atoms with Gasteiger partial charge in [0.1, 0.15) is 0 Å². The first-order chi connectivity index (χ1) is 14.5. The summed E-state index contributed by atoms with van der Waals surface area (Å²) in [6.45, 7) is 7.57. The third-order valence-corrected chi connectivity index (χ3v) is 6.56. The normalized spacial score (nSPS) is 18.0. The first-order valence-electron chi connectivity index (χ1n) is 10.4. The summed E-state index contributed by atoms with van der Waals surface area (Å²) in [6, 6.07) is 7.43. The molecule has 0 bridgehead atoms. The minimum Gasteiger partial charge on any atom is -0.378 e. The molecule has 0 N–H and O–H groups in total. The molecule has 0 atom stereocenters. The van der Waals surface area contributed by atoms with Crippen LogP contribution in [0.3, 0.4) is 0 Å². The lowest BCUT2D eigenvalue weighted by molar-refractivity contribution is -0.141. The van der Waals surface area contributed by atoms with Gasteiger partial charge in [-0.15, -0.1) is 0 Å². The Kier molecular flexibility index (Phi) is 6.11. The molecule has 0 spiro atoms. The number of carbonyl (C=O) groups excluding carboxylic acids is 2. The van der Waals surface area contributed by atoms with E-state index >= 15 is 0 Å². The Morgan fingerprint density at radius 2 is 1.63 bits per heavy atom. The van der Waals surface area contributed by atoms with Crippen LogP contribution in [0.2, 0.25) is 5.02 Å². The quantitative estimate of drug-likeness (QED) is 0.750. The van der Waals surface area contributed by atoms with Crippen molar-refractivity contribution < 1.29 is 14.3 Å². The summed E-state index contributed by atoms with van der Waals surface area (Å²) in [6.07, 6.45) is 1.43. The van der Waals surface area contributed by atoms with Crippen molar-refractivity contribution in [3.63, 3.8) is 0 Å². The number of morpholine rings is 1. The van der Waals surface area contributed by atoms with Crippen LogP contribution in [0.1, 0.15) is 34.6 Å². The number of piperidine rings is 1. The van der Waals surface area contributed by atoms with Crippen LogP contribution in [0.5, 0.6) is 0 Å². The maximum Gasteiger partial charge on any atom is 0.253 e. The minimum absolute atomic E-state index is 0.00483. The van der Waals surface area contributed by atoms with Gasteiger partial charge in [0, 0.05) is 37.7 Å². The summed E-state index contributed by atoms with van der Waals surface area (Å²) in [7, 11) is 0. The SMILES string of the molecule is Cc1nn(-c2ccc(C(=O)N3CCC(C(=O)N4CCOCC4)CC3)cc2)c(C)c1Cl. The van der Waals surface area contributed by atoms with Gasteiger partial charge in [-0.3, -0.25) is 9.59 Å². The van der Waals surface area contributed by atoms with Crippen molar-refractivity contribution in [2.24, 2.45) is 5.92 Å². The highest BCUT2D eigenvalue weighted by atomic mass is 35.5. The summed E-state index contributed by atoms with van der Waals surface area (Å²) in [5.41, 5.74) is 3.17. The molecule has 1 aromatic heterocycles. The Morgan fingerprint density at radius 3 is 2.20 bits per heavy atom. The van der Waals surface area contributed by atoms with E-state index in [9.17, 15) is 9.59 Å². The molecule has 2 saturated heterocycles. The fourth-order valence-electron chi connectivity index (χ4n) is 4.17. The lowest BCUT2D eigenvalue weighted by Crippen LogP contribution is -2.47. The van der Waals surface area contributed by atoms with E-state index in [1.807, 2.05) is 47.9 Å². The van der Waals surface area contributed by atoms with Gasteiger partial charge >= 0.3 is 0 Å². The van der Waals surface area contributed by atoms with E-state index in [0.717, 1.165) is 17.1 Å². The number of likely N-dealkylation sites (tertiary alicyclic amines) is 1. The van der Waals surface area contributed by atoms with Gasteiger partial charge in [-0.25, -0.2) is 4.68 Å². The summed E-state index contributed by atoms with van der Waals surface area (Å²) < 4.78 is 7.11. The van der Waals surface area contributed by atoms with Crippen molar-refractivity contribution in [1.82, 2.24) is 19.6 Å². The number of aromatic nitrogens is 2. The largest absolute Gasteiger partial charge is 0.378 e. The molecule has 2 aliphatic heterocycles. The Labute approximate surface area is 181 Å². The van der Waals surface area contributed by atoms with Crippen LogP contribution in [0.15, 0.2) is 24.3 Å². The first kappa shape index (κ1) is 20.9. The average molecular weight is 431 g/mol. The number of rotatable bonds is 3. The van der Waals surface area contributed by atoms with Gasteiger partial charge in [0.25, 0.3) is 5.91 Å². The van der Waals surface area contributed by atoms with E-state index in [1.165, 1.54) is 0 Å². The number of nitrogens with zero attached hydrogens (tertiary/aromatic N) is 4. The van der Waals surface area contributed by atoms with Crippen molar-refractivity contribution in [3.8, 4) is 5.69 Å². The summed E-state index contributed by atoms with van der Waals surface area (Å²) in [5, 5.41) is 5.11. The van der Waals surface area contributed by atoms with Crippen molar-refractivity contribution >= 4 is 23.4 Å². The summed E-state index contributed by atoms with van der Waals surface area (Å²) >= 11 is 6.24. The van der Waals surface area contributed by atoms with Crippen molar-refractivity contribution in [1.29, 1.82) is 0 Å². The fraction of sp³-hybridized carbons (Fsp3) is 0.500. The van der Waals surface area contributed by atoms with Gasteiger partial charge < -0.3 is 14.5 Å². The van der Waals surface area contributed by atoms with Crippen molar-refractivity contribution in [2.45, 2.75) is 26.7 Å². The topological polar surface area (TPSA) is 67.7 Å². The van der Waals surface area contributed by atoms with Gasteiger partial charge in [0.2, 0.25) is 5.91 Å². The standard InChI is InChI=1S/C22H27ClN4O3/c1-15-20(23)16(2)27(24-15)19-5-3-17(4-6-19)21(28)25-9-7-18(8-10-25)22(29)26-11-13-30-14-12-26/h3-6,18H,7-14H2,1-2H3. The molecule has 3 heterocycles. The lowest BCUT2D eigenvalue weighted by atomic mass is 9.94. The van der Waals surface area contributed by atoms with E-state index in [1.54, 1.807) is 4.68 Å². The van der Waals surface area contributed by atoms with Gasteiger partial charge in [0.15, 0.2) is 0 Å². The molecular weight excluding hydrogens is 404 g/mol. The Balaban J connectivity index is 1.37. The molecule has 0 radical (unpaired) electrons. The molecule has 7 nitrogen and oxygen atoms in total. The maximum atomic E-state index is 12.9. The van der Waals surface area contributed by atoms with Gasteiger partial charge in [-0.2, -0.15) is 5.10 Å². The molecule has 0 unspecified atom stereocenters. The van der Waals surface area contributed by atoms with E-state index in [0.29, 0.717) is 62.8 Å². The Morgan fingerprint density at radius 1 is 1.00 bits per heavy atom. The predicted molar refractivity (Wildman–Crippen MR) is 114 cm³/mol. The number of aryl methyl sites for hydroxylation is 1. The number of carbonyl (C=O) groups is 2. The van der Waals surface area contributed by atoms with Crippen LogP contribution in [0, 0.1) is 19.8 Å². The van der Waals surface area contributed by atoms with Crippen molar-refractivity contribution in [3.05, 3.63) is 46.2 Å². The summed E-state index contributed by atoms with van der Waals surface area (Å²) in [4.78, 5) is 29.3. The highest BCUT2D eigenvalue weighted by Crippen LogP contribution is 2.24. The molecular formula is C22H27ClN4O3. The third kappa shape index (κ3) is 4.09. The highest BCUT2D eigenvalue weighted by Gasteiger charge is 2.31. The summed E-state index contributed by atoms with van der Waals surface area (Å²) in [5.74, 6) is 0.217. The molecule has 2 amide bonds. The van der Waals surface area contributed by atoms with Crippen LogP contribution in [0.25, 0.3) is 5.69 Å². The molecule has 160 valence electrons. The number of benzene rings is 1. The van der Waals surface area contributed by atoms with E-state index < -0.39 is 0 Å². The zero-order chi connectivity index (χ0) is 21.3. The predicted octanol–water partition coefficient (Wildman–Crippen LogP) is 2.85. The molecule has 0 saturated carbocycles. The van der Waals surface area contributed by atoms with Crippen molar-refractivity contribution in [2.75, 3.05) is 39.4 Å². The molecule has 30 heavy (non-hydrogen) atoms. The second-order valence-electron chi connectivity index (χ2n) is 7.95. The first-order valence-corrected chi connectivity index (χ1v) is 10.8. The Bertz CT molecular complexity index is 927. The zero-order valence-corrected chi connectivity index (χ0v) is 18.2. The maximum absolute atomic E-state index is 12.9. The van der Waals surface area contributed by atoms with E-state index in [2.05, 4.69) is 5.10 Å². The van der Waals surface area contributed by atoms with Gasteiger partial charge in [-0.1, -0.05) is 11.6 Å². The number of hydrogen-bond donors (Lipinski definition) is 0. The molecule has 2 aliphatic rings. The average Bonchev–Trinajstić information content (AvgIpc) is 3.06. The fourth-order valence-corrected chi connectivity index (χ4v) is 4.29. The third-order valence-electron chi connectivity index (χ3n) is 6.02. The van der Waals surface area contributed by atoms with E-state index in [-0.39, 0.29) is 17.7 Å². The van der Waals surface area contributed by atoms with Gasteiger partial charge in [-0.05, 0) is 51.0 Å². The van der Waals surface area contributed by atoms with Crippen LogP contribution < -0.4 is 0 Å².